The molecule has 0 bridgehead atoms. The van der Waals surface area contributed by atoms with Gasteiger partial charge in [0.05, 0.1) is 13.2 Å². The number of nitrogens with one attached hydrogen (secondary N) is 3. The molecule has 0 radical (unpaired) electrons. The number of nitrogens with zero attached hydrogens (tertiary/aromatic N) is 3. The number of hydrogen-bond acceptors (Lipinski definition) is 5. The summed E-state index contributed by atoms with van der Waals surface area (Å²) in [6.07, 6.45) is 1.33. The van der Waals surface area contributed by atoms with Gasteiger partial charge in [0.15, 0.2) is 5.96 Å². The fourth-order valence-electron chi connectivity index (χ4n) is 2.78. The fourth-order valence-corrected chi connectivity index (χ4v) is 2.78. The molecule has 0 aromatic heterocycles. The van der Waals surface area contributed by atoms with E-state index in [-0.39, 0.29) is 37.2 Å². The second-order valence-electron chi connectivity index (χ2n) is 5.81. The van der Waals surface area contributed by atoms with Crippen LogP contribution in [0.3, 0.4) is 0 Å². The molecule has 4 amide bonds. The highest BCUT2D eigenvalue weighted by molar-refractivity contribution is 6.01. The quantitative estimate of drug-likeness (QED) is 0.342. The van der Waals surface area contributed by atoms with E-state index in [1.165, 1.54) is 4.90 Å². The molecule has 0 spiro atoms. The van der Waals surface area contributed by atoms with Gasteiger partial charge in [-0.3, -0.25) is 14.7 Å². The summed E-state index contributed by atoms with van der Waals surface area (Å²) >= 11 is 0. The SMILES string of the molecule is CCOC(=O)N1CCC(NC(=NC)NCCN2C(=O)CNC2=O)CC1. The van der Waals surface area contributed by atoms with Gasteiger partial charge in [-0.2, -0.15) is 0 Å². The van der Waals surface area contributed by atoms with E-state index >= 15 is 0 Å². The van der Waals surface area contributed by atoms with Crippen molar-refractivity contribution < 1.29 is 19.1 Å². The highest BCUT2D eigenvalue weighted by atomic mass is 16.6. The number of rotatable bonds is 5. The molecule has 0 aromatic carbocycles. The highest BCUT2D eigenvalue weighted by Gasteiger charge is 2.28. The van der Waals surface area contributed by atoms with Crippen molar-refractivity contribution in [2.45, 2.75) is 25.8 Å². The number of carbonyl (C=O) groups is 3. The highest BCUT2D eigenvalue weighted by Crippen LogP contribution is 2.11. The standard InChI is InChI=1S/C15H26N6O4/c1-3-25-15(24)20-7-4-11(5-8-20)19-13(16-2)17-6-9-21-12(22)10-18-14(21)23/h11H,3-10H2,1-2H3,(H,18,23)(H2,16,17,19). The predicted octanol–water partition coefficient (Wildman–Crippen LogP) is -0.676. The maximum absolute atomic E-state index is 11.7. The number of amides is 4. The molecule has 2 saturated heterocycles. The first-order valence-corrected chi connectivity index (χ1v) is 8.52. The molecule has 140 valence electrons. The second-order valence-corrected chi connectivity index (χ2v) is 5.81. The molecule has 0 aromatic rings. The third-order valence-electron chi connectivity index (χ3n) is 4.15. The lowest BCUT2D eigenvalue weighted by molar-refractivity contribution is -0.124. The minimum absolute atomic E-state index is 0.0604. The molecular formula is C15H26N6O4. The molecule has 2 rings (SSSR count). The predicted molar refractivity (Wildman–Crippen MR) is 91.2 cm³/mol. The first-order chi connectivity index (χ1) is 12.0. The van der Waals surface area contributed by atoms with Gasteiger partial charge in [-0.05, 0) is 19.8 Å². The van der Waals surface area contributed by atoms with Crippen LogP contribution in [-0.2, 0) is 9.53 Å². The third kappa shape index (κ3) is 5.23. The number of ether oxygens (including phenoxy) is 1. The van der Waals surface area contributed by atoms with E-state index in [2.05, 4.69) is 20.9 Å². The van der Waals surface area contributed by atoms with Crippen molar-refractivity contribution in [1.29, 1.82) is 0 Å². The Morgan fingerprint density at radius 2 is 2.08 bits per heavy atom. The molecule has 3 N–H and O–H groups in total. The first-order valence-electron chi connectivity index (χ1n) is 8.52. The van der Waals surface area contributed by atoms with Gasteiger partial charge < -0.3 is 25.6 Å². The summed E-state index contributed by atoms with van der Waals surface area (Å²) in [4.78, 5) is 41.7. The zero-order valence-electron chi connectivity index (χ0n) is 14.7. The van der Waals surface area contributed by atoms with Gasteiger partial charge in [0.1, 0.15) is 0 Å². The second kappa shape index (κ2) is 9.09. The molecule has 10 nitrogen and oxygen atoms in total. The number of aliphatic imine (C=N–C) groups is 1. The van der Waals surface area contributed by atoms with Crippen LogP contribution in [0.5, 0.6) is 0 Å². The molecule has 2 aliphatic heterocycles. The molecule has 10 heteroatoms. The van der Waals surface area contributed by atoms with Crippen molar-refractivity contribution in [3.63, 3.8) is 0 Å². The fraction of sp³-hybridized carbons (Fsp3) is 0.733. The van der Waals surface area contributed by atoms with E-state index in [0.29, 0.717) is 32.2 Å². The number of carbonyl (C=O) groups excluding carboxylic acids is 3. The lowest BCUT2D eigenvalue weighted by Crippen LogP contribution is -2.51. The molecule has 0 saturated carbocycles. The number of piperidine rings is 1. The Kier molecular flexibility index (Phi) is 6.84. The van der Waals surface area contributed by atoms with Gasteiger partial charge in [0, 0.05) is 39.3 Å². The van der Waals surface area contributed by atoms with E-state index in [4.69, 9.17) is 4.74 Å². The average molecular weight is 354 g/mol. The van der Waals surface area contributed by atoms with Crippen LogP contribution >= 0.6 is 0 Å². The molecular weight excluding hydrogens is 328 g/mol. The van der Waals surface area contributed by atoms with Crippen LogP contribution in [0.15, 0.2) is 4.99 Å². The van der Waals surface area contributed by atoms with Gasteiger partial charge in [-0.25, -0.2) is 9.59 Å². The largest absolute Gasteiger partial charge is 0.450 e. The van der Waals surface area contributed by atoms with E-state index in [9.17, 15) is 14.4 Å². The Morgan fingerprint density at radius 3 is 2.64 bits per heavy atom. The zero-order valence-corrected chi connectivity index (χ0v) is 14.7. The molecule has 25 heavy (non-hydrogen) atoms. The number of guanidine groups is 1. The maximum atomic E-state index is 11.7. The number of likely N-dealkylation sites (tertiary alicyclic amines) is 1. The lowest BCUT2D eigenvalue weighted by atomic mass is 10.1. The molecule has 0 atom stereocenters. The topological polar surface area (TPSA) is 115 Å². The van der Waals surface area contributed by atoms with Crippen LogP contribution in [0, 0.1) is 0 Å². The number of urea groups is 1. The molecule has 2 fully saturated rings. The van der Waals surface area contributed by atoms with Crippen LogP contribution < -0.4 is 16.0 Å². The molecule has 2 aliphatic rings. The van der Waals surface area contributed by atoms with Crippen LogP contribution in [0.1, 0.15) is 19.8 Å². The van der Waals surface area contributed by atoms with Crippen molar-refractivity contribution in [3.8, 4) is 0 Å². The average Bonchev–Trinajstić information content (AvgIpc) is 2.93. The van der Waals surface area contributed by atoms with Crippen LogP contribution in [0.25, 0.3) is 0 Å². The molecule has 2 heterocycles. The van der Waals surface area contributed by atoms with Crippen molar-refractivity contribution in [2.75, 3.05) is 46.4 Å². The Morgan fingerprint density at radius 1 is 1.36 bits per heavy atom. The summed E-state index contributed by atoms with van der Waals surface area (Å²) in [7, 11) is 1.66. The van der Waals surface area contributed by atoms with Crippen molar-refractivity contribution >= 4 is 24.0 Å². The summed E-state index contributed by atoms with van der Waals surface area (Å²) in [5, 5.41) is 8.88. The summed E-state index contributed by atoms with van der Waals surface area (Å²) in [6.45, 7) is 4.20. The molecule has 0 unspecified atom stereocenters. The summed E-state index contributed by atoms with van der Waals surface area (Å²) < 4.78 is 5.00. The van der Waals surface area contributed by atoms with Gasteiger partial charge >= 0.3 is 12.1 Å². The number of imide groups is 1. The van der Waals surface area contributed by atoms with Crippen LogP contribution in [0.4, 0.5) is 9.59 Å². The van der Waals surface area contributed by atoms with E-state index in [1.54, 1.807) is 18.9 Å². The van der Waals surface area contributed by atoms with Crippen molar-refractivity contribution in [1.82, 2.24) is 25.8 Å². The van der Waals surface area contributed by atoms with Gasteiger partial charge in [-0.15, -0.1) is 0 Å². The van der Waals surface area contributed by atoms with E-state index in [0.717, 1.165) is 12.8 Å². The third-order valence-corrected chi connectivity index (χ3v) is 4.15. The maximum Gasteiger partial charge on any atom is 0.409 e. The van der Waals surface area contributed by atoms with E-state index < -0.39 is 0 Å². The van der Waals surface area contributed by atoms with Crippen LogP contribution in [0.2, 0.25) is 0 Å². The van der Waals surface area contributed by atoms with Gasteiger partial charge in [-0.1, -0.05) is 0 Å². The normalized spacial score (nSPS) is 19.0. The van der Waals surface area contributed by atoms with E-state index in [1.807, 2.05) is 0 Å². The number of hydrogen-bond donors (Lipinski definition) is 3. The Hall–Kier alpha value is -2.52. The van der Waals surface area contributed by atoms with Gasteiger partial charge in [0.25, 0.3) is 0 Å². The van der Waals surface area contributed by atoms with Crippen molar-refractivity contribution in [3.05, 3.63) is 0 Å². The summed E-state index contributed by atoms with van der Waals surface area (Å²) in [5.41, 5.74) is 0. The Balaban J connectivity index is 1.69. The first kappa shape index (κ1) is 18.8. The zero-order chi connectivity index (χ0) is 18.2. The minimum atomic E-state index is -0.360. The summed E-state index contributed by atoms with van der Waals surface area (Å²) in [6, 6.07) is -0.158. The lowest BCUT2D eigenvalue weighted by Gasteiger charge is -2.32. The van der Waals surface area contributed by atoms with Crippen molar-refractivity contribution in [2.24, 2.45) is 4.99 Å². The monoisotopic (exact) mass is 354 g/mol. The molecule has 0 aliphatic carbocycles. The van der Waals surface area contributed by atoms with Crippen LogP contribution in [-0.4, -0.2) is 86.2 Å². The Labute approximate surface area is 146 Å². The Bertz CT molecular complexity index is 514. The van der Waals surface area contributed by atoms with Gasteiger partial charge in [0.2, 0.25) is 5.91 Å². The minimum Gasteiger partial charge on any atom is -0.450 e. The smallest absolute Gasteiger partial charge is 0.409 e. The summed E-state index contributed by atoms with van der Waals surface area (Å²) in [5.74, 6) is 0.391.